The molecule has 2 heterocycles. The average molecular weight is 266 g/mol. The highest BCUT2D eigenvalue weighted by Crippen LogP contribution is 1.86. The van der Waals surface area contributed by atoms with Crippen molar-refractivity contribution in [2.75, 3.05) is 27.4 Å². The maximum Gasteiger partial charge on any atom is 0.247 e. The summed E-state index contributed by atoms with van der Waals surface area (Å²) in [4.78, 5) is 0. The highest BCUT2D eigenvalue weighted by Gasteiger charge is 2.08. The Hall–Kier alpha value is -1.66. The van der Waals surface area contributed by atoms with Crippen LogP contribution in [0.15, 0.2) is 37.4 Å². The third-order valence-electron chi connectivity index (χ3n) is 2.93. The molecule has 2 aromatic heterocycles. The van der Waals surface area contributed by atoms with Crippen molar-refractivity contribution in [1.82, 2.24) is 9.13 Å². The van der Waals surface area contributed by atoms with E-state index in [0.717, 1.165) is 33.0 Å². The van der Waals surface area contributed by atoms with Gasteiger partial charge in [0.1, 0.15) is 37.9 Å². The highest BCUT2D eigenvalue weighted by molar-refractivity contribution is 4.67. The van der Waals surface area contributed by atoms with Gasteiger partial charge >= 0.3 is 0 Å². The molecule has 0 amide bonds. The number of hydrogen-bond donors (Lipinski definition) is 0. The van der Waals surface area contributed by atoms with Crippen LogP contribution in [0.1, 0.15) is 0 Å². The van der Waals surface area contributed by atoms with E-state index in [0.29, 0.717) is 0 Å². The average Bonchev–Trinajstić information content (AvgIpc) is 3.04. The Morgan fingerprint density at radius 1 is 0.842 bits per heavy atom. The van der Waals surface area contributed by atoms with Gasteiger partial charge in [-0.2, -0.15) is 9.13 Å². The molecule has 104 valence electrons. The standard InChI is InChI=1S/C13H22N4O2/c1-18-9-7-14-3-5-16(11-14)13-17-6-4-15(12-17)8-10-19-2/h3-6,11-12H,7-10,13H2,1-2H3/q+2. The van der Waals surface area contributed by atoms with Gasteiger partial charge in [-0.25, -0.2) is 9.13 Å². The first-order valence-corrected chi connectivity index (χ1v) is 6.39. The smallest absolute Gasteiger partial charge is 0.247 e. The summed E-state index contributed by atoms with van der Waals surface area (Å²) in [6.45, 7) is 4.02. The third kappa shape index (κ3) is 4.18. The van der Waals surface area contributed by atoms with E-state index in [1.807, 2.05) is 0 Å². The zero-order valence-electron chi connectivity index (χ0n) is 11.6. The minimum atomic E-state index is 0.731. The first kappa shape index (κ1) is 13.8. The van der Waals surface area contributed by atoms with Crippen LogP contribution in [-0.4, -0.2) is 36.6 Å². The van der Waals surface area contributed by atoms with E-state index in [9.17, 15) is 0 Å². The van der Waals surface area contributed by atoms with Crippen LogP contribution in [-0.2, 0) is 29.2 Å². The van der Waals surface area contributed by atoms with Gasteiger partial charge in [0.2, 0.25) is 19.3 Å². The lowest BCUT2D eigenvalue weighted by Crippen LogP contribution is -2.49. The van der Waals surface area contributed by atoms with Gasteiger partial charge in [-0.1, -0.05) is 0 Å². The predicted octanol–water partition coefficient (Wildman–Crippen LogP) is -0.337. The van der Waals surface area contributed by atoms with Crippen molar-refractivity contribution < 1.29 is 18.6 Å². The Labute approximate surface area is 113 Å². The lowest BCUT2D eigenvalue weighted by Gasteiger charge is -1.95. The summed E-state index contributed by atoms with van der Waals surface area (Å²) in [5.74, 6) is 0. The van der Waals surface area contributed by atoms with Crippen LogP contribution < -0.4 is 9.13 Å². The van der Waals surface area contributed by atoms with Gasteiger partial charge in [0.05, 0.1) is 13.2 Å². The van der Waals surface area contributed by atoms with Crippen molar-refractivity contribution in [3.8, 4) is 0 Å². The van der Waals surface area contributed by atoms with Crippen molar-refractivity contribution in [3.63, 3.8) is 0 Å². The fourth-order valence-corrected chi connectivity index (χ4v) is 1.89. The number of imidazole rings is 2. The fraction of sp³-hybridized carbons (Fsp3) is 0.538. The molecule has 0 aromatic carbocycles. The van der Waals surface area contributed by atoms with Gasteiger partial charge in [-0.15, -0.1) is 0 Å². The second-order valence-corrected chi connectivity index (χ2v) is 4.46. The second kappa shape index (κ2) is 7.06. The second-order valence-electron chi connectivity index (χ2n) is 4.46. The Kier molecular flexibility index (Phi) is 5.11. The van der Waals surface area contributed by atoms with E-state index in [1.54, 1.807) is 14.2 Å². The van der Waals surface area contributed by atoms with Gasteiger partial charge in [0.15, 0.2) is 0 Å². The van der Waals surface area contributed by atoms with Crippen molar-refractivity contribution in [3.05, 3.63) is 37.4 Å². The Morgan fingerprint density at radius 3 is 1.74 bits per heavy atom. The number of ether oxygens (including phenoxy) is 2. The van der Waals surface area contributed by atoms with E-state index in [2.05, 4.69) is 55.7 Å². The molecular formula is C13H22N4O2+2. The minimum Gasteiger partial charge on any atom is -0.381 e. The Balaban J connectivity index is 1.89. The van der Waals surface area contributed by atoms with E-state index < -0.39 is 0 Å². The normalized spacial score (nSPS) is 11.1. The van der Waals surface area contributed by atoms with Crippen LogP contribution in [0.25, 0.3) is 0 Å². The Morgan fingerprint density at radius 2 is 1.32 bits per heavy atom. The number of nitrogens with zero attached hydrogens (tertiary/aromatic N) is 4. The summed E-state index contributed by atoms with van der Waals surface area (Å²) >= 11 is 0. The first-order chi connectivity index (χ1) is 9.31. The van der Waals surface area contributed by atoms with Gasteiger partial charge in [0, 0.05) is 14.2 Å². The first-order valence-electron chi connectivity index (χ1n) is 6.39. The minimum absolute atomic E-state index is 0.731. The molecule has 19 heavy (non-hydrogen) atoms. The molecule has 0 saturated carbocycles. The van der Waals surface area contributed by atoms with Crippen LogP contribution in [0.2, 0.25) is 0 Å². The Bertz CT molecular complexity index is 448. The van der Waals surface area contributed by atoms with Gasteiger partial charge in [0.25, 0.3) is 0 Å². The van der Waals surface area contributed by atoms with Crippen LogP contribution in [0.3, 0.4) is 0 Å². The lowest BCUT2D eigenvalue weighted by atomic mass is 10.7. The third-order valence-corrected chi connectivity index (χ3v) is 2.93. The van der Waals surface area contributed by atoms with E-state index >= 15 is 0 Å². The quantitative estimate of drug-likeness (QED) is 0.613. The summed E-state index contributed by atoms with van der Waals surface area (Å²) in [5, 5.41) is 0. The van der Waals surface area contributed by atoms with Gasteiger partial charge in [-0.05, 0) is 0 Å². The molecule has 0 saturated heterocycles. The molecule has 6 nitrogen and oxygen atoms in total. The van der Waals surface area contributed by atoms with Crippen LogP contribution in [0.4, 0.5) is 0 Å². The molecule has 0 unspecified atom stereocenters. The van der Waals surface area contributed by atoms with E-state index in [4.69, 9.17) is 9.47 Å². The topological polar surface area (TPSA) is 36.1 Å². The summed E-state index contributed by atoms with van der Waals surface area (Å²) in [7, 11) is 3.44. The summed E-state index contributed by atoms with van der Waals surface area (Å²) in [5.41, 5.74) is 0. The maximum atomic E-state index is 5.06. The number of methoxy groups -OCH3 is 2. The molecule has 0 aliphatic rings. The van der Waals surface area contributed by atoms with E-state index in [1.165, 1.54) is 0 Å². The molecule has 0 bridgehead atoms. The summed E-state index contributed by atoms with van der Waals surface area (Å²) < 4.78 is 18.6. The van der Waals surface area contributed by atoms with Crippen molar-refractivity contribution in [2.24, 2.45) is 0 Å². The molecule has 0 aliphatic carbocycles. The van der Waals surface area contributed by atoms with Crippen LogP contribution >= 0.6 is 0 Å². The molecule has 2 aromatic rings. The van der Waals surface area contributed by atoms with Crippen LogP contribution in [0, 0.1) is 0 Å². The van der Waals surface area contributed by atoms with Gasteiger partial charge in [-0.3, -0.25) is 0 Å². The molecule has 0 spiro atoms. The zero-order chi connectivity index (χ0) is 13.5. The molecule has 0 fully saturated rings. The predicted molar refractivity (Wildman–Crippen MR) is 68.4 cm³/mol. The summed E-state index contributed by atoms with van der Waals surface area (Å²) in [6.07, 6.45) is 12.4. The summed E-state index contributed by atoms with van der Waals surface area (Å²) in [6, 6.07) is 0. The molecule has 0 N–H and O–H groups in total. The number of rotatable bonds is 8. The molecule has 2 rings (SSSR count). The van der Waals surface area contributed by atoms with Crippen molar-refractivity contribution >= 4 is 0 Å². The molecule has 0 radical (unpaired) electrons. The SMILES string of the molecule is COCCn1cc[n+](C[n+]2ccn(CCOC)c2)c1. The molecule has 0 atom stereocenters. The fourth-order valence-electron chi connectivity index (χ4n) is 1.89. The highest BCUT2D eigenvalue weighted by atomic mass is 16.5. The monoisotopic (exact) mass is 266 g/mol. The van der Waals surface area contributed by atoms with Crippen molar-refractivity contribution in [2.45, 2.75) is 19.8 Å². The molecular weight excluding hydrogens is 244 g/mol. The molecule has 6 heteroatoms. The van der Waals surface area contributed by atoms with Crippen molar-refractivity contribution in [1.29, 1.82) is 0 Å². The van der Waals surface area contributed by atoms with Gasteiger partial charge < -0.3 is 9.47 Å². The molecule has 0 aliphatic heterocycles. The van der Waals surface area contributed by atoms with Crippen LogP contribution in [0.5, 0.6) is 0 Å². The number of hydrogen-bond acceptors (Lipinski definition) is 2. The number of aromatic nitrogens is 4. The zero-order valence-corrected chi connectivity index (χ0v) is 11.6. The van der Waals surface area contributed by atoms with E-state index in [-0.39, 0.29) is 0 Å². The largest absolute Gasteiger partial charge is 0.381 e. The maximum absolute atomic E-state index is 5.06. The lowest BCUT2D eigenvalue weighted by molar-refractivity contribution is -0.912.